The fourth-order valence-corrected chi connectivity index (χ4v) is 2.22. The van der Waals surface area contributed by atoms with Gasteiger partial charge in [-0.1, -0.05) is 30.1 Å². The Hall–Kier alpha value is -0.770. The molecule has 0 aliphatic carbocycles. The zero-order chi connectivity index (χ0) is 13.8. The summed E-state index contributed by atoms with van der Waals surface area (Å²) in [7, 11) is 1.35. The number of carbonyl (C=O) groups is 1. The fraction of sp³-hybridized carbons (Fsp3) is 0.462. The Morgan fingerprint density at radius 1 is 1.44 bits per heavy atom. The molecular weight excluding hydrogens is 273 g/mol. The van der Waals surface area contributed by atoms with E-state index in [1.54, 1.807) is 25.1 Å². The lowest BCUT2D eigenvalue weighted by molar-refractivity contribution is -0.148. The van der Waals surface area contributed by atoms with Crippen LogP contribution in [-0.2, 0) is 15.1 Å². The van der Waals surface area contributed by atoms with Crippen molar-refractivity contribution in [1.82, 2.24) is 5.32 Å². The lowest BCUT2D eigenvalue weighted by Gasteiger charge is -2.29. The number of carbonyl (C=O) groups excluding carboxylic acids is 1. The van der Waals surface area contributed by atoms with Crippen molar-refractivity contribution in [2.45, 2.75) is 25.8 Å². The number of hydrogen-bond acceptors (Lipinski definition) is 3. The van der Waals surface area contributed by atoms with Crippen LogP contribution in [0.4, 0.5) is 0 Å². The number of benzene rings is 1. The van der Waals surface area contributed by atoms with E-state index in [1.807, 2.05) is 6.92 Å². The molecule has 1 unspecified atom stereocenters. The van der Waals surface area contributed by atoms with E-state index in [0.29, 0.717) is 22.2 Å². The maximum atomic E-state index is 12.0. The second kappa shape index (κ2) is 6.41. The summed E-state index contributed by atoms with van der Waals surface area (Å²) in [5.41, 5.74) is -0.371. The van der Waals surface area contributed by atoms with Crippen LogP contribution in [0, 0.1) is 0 Å². The molecule has 1 atom stereocenters. The van der Waals surface area contributed by atoms with Gasteiger partial charge in [0.15, 0.2) is 0 Å². The first-order chi connectivity index (χ1) is 8.45. The molecular formula is C13H17Cl2NO2. The highest BCUT2D eigenvalue weighted by molar-refractivity contribution is 6.33. The first kappa shape index (κ1) is 15.3. The summed E-state index contributed by atoms with van der Waals surface area (Å²) in [5.74, 6) is -0.389. The summed E-state index contributed by atoms with van der Waals surface area (Å²) in [6.07, 6.45) is 0.894. The number of methoxy groups -OCH3 is 1. The van der Waals surface area contributed by atoms with Gasteiger partial charge in [0.05, 0.1) is 7.11 Å². The van der Waals surface area contributed by atoms with Gasteiger partial charge in [0.25, 0.3) is 0 Å². The zero-order valence-electron chi connectivity index (χ0n) is 10.7. The third-order valence-corrected chi connectivity index (χ3v) is 3.35. The topological polar surface area (TPSA) is 38.3 Å². The molecule has 1 aromatic rings. The van der Waals surface area contributed by atoms with Gasteiger partial charge in [-0.15, -0.1) is 0 Å². The summed E-state index contributed by atoms with van der Waals surface area (Å²) in [4.78, 5) is 12.0. The Bertz CT molecular complexity index is 437. The smallest absolute Gasteiger partial charge is 0.330 e. The Labute approximate surface area is 117 Å². The molecule has 1 aromatic carbocycles. The Balaban J connectivity index is 3.24. The minimum atomic E-state index is -0.993. The van der Waals surface area contributed by atoms with E-state index < -0.39 is 5.54 Å². The molecule has 0 aliphatic rings. The standard InChI is InChI=1S/C13H17Cl2NO2/c1-4-7-16-13(2,12(17)18-3)10-8-9(14)5-6-11(10)15/h5-6,8,16H,4,7H2,1-3H3. The normalized spacial score (nSPS) is 14.1. The lowest BCUT2D eigenvalue weighted by Crippen LogP contribution is -2.47. The van der Waals surface area contributed by atoms with Gasteiger partial charge in [0.1, 0.15) is 5.54 Å². The molecule has 0 fully saturated rings. The first-order valence-electron chi connectivity index (χ1n) is 5.74. The van der Waals surface area contributed by atoms with Crippen molar-refractivity contribution in [2.75, 3.05) is 13.7 Å². The van der Waals surface area contributed by atoms with Crippen molar-refractivity contribution in [3.63, 3.8) is 0 Å². The molecule has 0 aromatic heterocycles. The van der Waals surface area contributed by atoms with Gasteiger partial charge in [-0.2, -0.15) is 0 Å². The molecule has 1 rings (SSSR count). The summed E-state index contributed by atoms with van der Waals surface area (Å²) < 4.78 is 4.86. The van der Waals surface area contributed by atoms with Crippen LogP contribution in [0.25, 0.3) is 0 Å². The van der Waals surface area contributed by atoms with E-state index in [-0.39, 0.29) is 5.97 Å². The largest absolute Gasteiger partial charge is 0.467 e. The van der Waals surface area contributed by atoms with E-state index >= 15 is 0 Å². The highest BCUT2D eigenvalue weighted by Crippen LogP contribution is 2.31. The van der Waals surface area contributed by atoms with Gasteiger partial charge in [0, 0.05) is 15.6 Å². The number of esters is 1. The predicted molar refractivity (Wildman–Crippen MR) is 74.1 cm³/mol. The monoisotopic (exact) mass is 289 g/mol. The summed E-state index contributed by atoms with van der Waals surface area (Å²) in [6.45, 7) is 4.44. The third kappa shape index (κ3) is 3.16. The van der Waals surface area contributed by atoms with E-state index in [4.69, 9.17) is 27.9 Å². The first-order valence-corrected chi connectivity index (χ1v) is 6.50. The van der Waals surface area contributed by atoms with Crippen molar-refractivity contribution in [3.05, 3.63) is 33.8 Å². The van der Waals surface area contributed by atoms with Crippen LogP contribution < -0.4 is 5.32 Å². The number of hydrogen-bond donors (Lipinski definition) is 1. The van der Waals surface area contributed by atoms with Crippen molar-refractivity contribution < 1.29 is 9.53 Å². The lowest BCUT2D eigenvalue weighted by atomic mass is 9.91. The SMILES string of the molecule is CCCNC(C)(C(=O)OC)c1cc(Cl)ccc1Cl. The Morgan fingerprint density at radius 3 is 2.67 bits per heavy atom. The molecule has 0 aliphatic heterocycles. The number of ether oxygens (including phenoxy) is 1. The number of rotatable bonds is 5. The van der Waals surface area contributed by atoms with Gasteiger partial charge < -0.3 is 4.74 Å². The molecule has 0 saturated heterocycles. The molecule has 0 heterocycles. The average molecular weight is 290 g/mol. The zero-order valence-corrected chi connectivity index (χ0v) is 12.2. The third-order valence-electron chi connectivity index (χ3n) is 2.79. The van der Waals surface area contributed by atoms with E-state index in [0.717, 1.165) is 6.42 Å². The highest BCUT2D eigenvalue weighted by atomic mass is 35.5. The van der Waals surface area contributed by atoms with E-state index in [1.165, 1.54) is 7.11 Å². The van der Waals surface area contributed by atoms with Crippen molar-refractivity contribution in [1.29, 1.82) is 0 Å². The Kier molecular flexibility index (Phi) is 5.45. The number of halogens is 2. The van der Waals surface area contributed by atoms with Crippen molar-refractivity contribution >= 4 is 29.2 Å². The molecule has 0 spiro atoms. The quantitative estimate of drug-likeness (QED) is 0.845. The maximum Gasteiger partial charge on any atom is 0.330 e. The molecule has 0 amide bonds. The van der Waals surface area contributed by atoms with E-state index in [9.17, 15) is 4.79 Å². The van der Waals surface area contributed by atoms with Crippen LogP contribution in [-0.4, -0.2) is 19.6 Å². The minimum absolute atomic E-state index is 0.389. The second-order valence-corrected chi connectivity index (χ2v) is 5.01. The molecule has 0 saturated carbocycles. The number of nitrogens with one attached hydrogen (secondary N) is 1. The van der Waals surface area contributed by atoms with Crippen LogP contribution in [0.5, 0.6) is 0 Å². The summed E-state index contributed by atoms with van der Waals surface area (Å²) >= 11 is 12.1. The summed E-state index contributed by atoms with van der Waals surface area (Å²) in [6, 6.07) is 5.04. The maximum absolute atomic E-state index is 12.0. The summed E-state index contributed by atoms with van der Waals surface area (Å²) in [5, 5.41) is 4.18. The molecule has 18 heavy (non-hydrogen) atoms. The predicted octanol–water partition coefficient (Wildman–Crippen LogP) is 3.38. The van der Waals surface area contributed by atoms with Crippen LogP contribution >= 0.6 is 23.2 Å². The van der Waals surface area contributed by atoms with Crippen LogP contribution in [0.1, 0.15) is 25.8 Å². The molecule has 100 valence electrons. The highest BCUT2D eigenvalue weighted by Gasteiger charge is 2.37. The molecule has 3 nitrogen and oxygen atoms in total. The van der Waals surface area contributed by atoms with Gasteiger partial charge in [-0.05, 0) is 38.1 Å². The van der Waals surface area contributed by atoms with Gasteiger partial charge in [-0.3, -0.25) is 5.32 Å². The van der Waals surface area contributed by atoms with Gasteiger partial charge >= 0.3 is 5.97 Å². The van der Waals surface area contributed by atoms with Crippen molar-refractivity contribution in [2.24, 2.45) is 0 Å². The molecule has 0 bridgehead atoms. The molecule has 0 radical (unpaired) electrons. The van der Waals surface area contributed by atoms with Crippen molar-refractivity contribution in [3.8, 4) is 0 Å². The minimum Gasteiger partial charge on any atom is -0.467 e. The van der Waals surface area contributed by atoms with Crippen LogP contribution in [0.3, 0.4) is 0 Å². The molecule has 1 N–H and O–H groups in total. The van der Waals surface area contributed by atoms with Crippen LogP contribution in [0.2, 0.25) is 10.0 Å². The van der Waals surface area contributed by atoms with E-state index in [2.05, 4.69) is 5.32 Å². The second-order valence-electron chi connectivity index (χ2n) is 4.17. The van der Waals surface area contributed by atoms with Gasteiger partial charge in [-0.25, -0.2) is 4.79 Å². The average Bonchev–Trinajstić information content (AvgIpc) is 2.37. The Morgan fingerprint density at radius 2 is 2.11 bits per heavy atom. The fourth-order valence-electron chi connectivity index (χ4n) is 1.74. The van der Waals surface area contributed by atoms with Gasteiger partial charge in [0.2, 0.25) is 0 Å². The van der Waals surface area contributed by atoms with Crippen LogP contribution in [0.15, 0.2) is 18.2 Å². The molecule has 5 heteroatoms.